The van der Waals surface area contributed by atoms with Gasteiger partial charge in [0.05, 0.1) is 10.7 Å². The van der Waals surface area contributed by atoms with Crippen molar-refractivity contribution in [2.75, 3.05) is 7.05 Å². The first-order chi connectivity index (χ1) is 8.11. The lowest BCUT2D eigenvalue weighted by Crippen LogP contribution is -2.08. The number of hydrogen-bond donors (Lipinski definition) is 1. The summed E-state index contributed by atoms with van der Waals surface area (Å²) in [6.07, 6.45) is 1.67. The number of aryl methyl sites for hydroxylation is 2. The van der Waals surface area contributed by atoms with Crippen LogP contribution in [0.15, 0.2) is 18.3 Å². The zero-order valence-corrected chi connectivity index (χ0v) is 10.9. The average molecular weight is 251 g/mol. The first kappa shape index (κ1) is 12.1. The second-order valence-corrected chi connectivity index (χ2v) is 4.41. The molecule has 0 aliphatic heterocycles. The van der Waals surface area contributed by atoms with Crippen LogP contribution >= 0.6 is 11.6 Å². The Morgan fingerprint density at radius 1 is 1.35 bits per heavy atom. The Morgan fingerprint density at radius 3 is 2.71 bits per heavy atom. The monoisotopic (exact) mass is 250 g/mol. The Kier molecular flexibility index (Phi) is 3.45. The van der Waals surface area contributed by atoms with Gasteiger partial charge in [-0.1, -0.05) is 11.6 Å². The number of nitrogens with one attached hydrogen (secondary N) is 1. The van der Waals surface area contributed by atoms with Crippen LogP contribution in [0.5, 0.6) is 0 Å². The van der Waals surface area contributed by atoms with Crippen LogP contribution in [0, 0.1) is 13.8 Å². The van der Waals surface area contributed by atoms with Gasteiger partial charge >= 0.3 is 0 Å². The van der Waals surface area contributed by atoms with Crippen molar-refractivity contribution < 1.29 is 0 Å². The van der Waals surface area contributed by atoms with Crippen molar-refractivity contribution in [1.29, 1.82) is 0 Å². The lowest BCUT2D eigenvalue weighted by molar-refractivity contribution is 0.785. The first-order valence-corrected chi connectivity index (χ1v) is 5.82. The Balaban J connectivity index is 2.46. The molecule has 0 saturated carbocycles. The van der Waals surface area contributed by atoms with Gasteiger partial charge in [-0.25, -0.2) is 9.67 Å². The molecule has 17 heavy (non-hydrogen) atoms. The highest BCUT2D eigenvalue weighted by Crippen LogP contribution is 2.18. The lowest BCUT2D eigenvalue weighted by atomic mass is 10.2. The first-order valence-electron chi connectivity index (χ1n) is 5.44. The molecule has 2 rings (SSSR count). The van der Waals surface area contributed by atoms with Crippen LogP contribution in [0.3, 0.4) is 0 Å². The molecule has 0 radical (unpaired) electrons. The number of hydrogen-bond acceptors (Lipinski definition) is 3. The van der Waals surface area contributed by atoms with Gasteiger partial charge in [0, 0.05) is 18.4 Å². The molecule has 2 heterocycles. The molecule has 2 aromatic rings. The van der Waals surface area contributed by atoms with E-state index in [2.05, 4.69) is 15.4 Å². The third-order valence-corrected chi connectivity index (χ3v) is 2.85. The minimum absolute atomic E-state index is 0.671. The molecule has 0 aromatic carbocycles. The standard InChI is InChI=1S/C12H15ClN4/c1-8-4-9(2)17(16-8)12-5-10(6-14-3)11(13)7-15-12/h4-5,7,14H,6H2,1-3H3. The molecule has 0 aliphatic rings. The fourth-order valence-electron chi connectivity index (χ4n) is 1.77. The lowest BCUT2D eigenvalue weighted by Gasteiger charge is -2.07. The summed E-state index contributed by atoms with van der Waals surface area (Å²) >= 11 is 6.08. The summed E-state index contributed by atoms with van der Waals surface area (Å²) in [5.74, 6) is 0.797. The van der Waals surface area contributed by atoms with E-state index in [9.17, 15) is 0 Å². The molecule has 90 valence electrons. The van der Waals surface area contributed by atoms with Crippen LogP contribution < -0.4 is 5.32 Å². The van der Waals surface area contributed by atoms with Crippen molar-refractivity contribution in [3.8, 4) is 5.82 Å². The van der Waals surface area contributed by atoms with E-state index in [1.54, 1.807) is 6.20 Å². The smallest absolute Gasteiger partial charge is 0.153 e. The van der Waals surface area contributed by atoms with Crippen molar-refractivity contribution >= 4 is 11.6 Å². The maximum atomic E-state index is 6.08. The molecule has 0 bridgehead atoms. The number of nitrogens with zero attached hydrogens (tertiary/aromatic N) is 3. The molecular weight excluding hydrogens is 236 g/mol. The minimum atomic E-state index is 0.671. The zero-order chi connectivity index (χ0) is 12.4. The van der Waals surface area contributed by atoms with Gasteiger partial charge < -0.3 is 5.32 Å². The van der Waals surface area contributed by atoms with Gasteiger partial charge in [-0.2, -0.15) is 5.10 Å². The van der Waals surface area contributed by atoms with E-state index in [1.165, 1.54) is 0 Å². The van der Waals surface area contributed by atoms with Crippen molar-refractivity contribution in [1.82, 2.24) is 20.1 Å². The molecule has 2 aromatic heterocycles. The maximum Gasteiger partial charge on any atom is 0.153 e. The number of rotatable bonds is 3. The summed E-state index contributed by atoms with van der Waals surface area (Å²) in [7, 11) is 1.89. The second-order valence-electron chi connectivity index (χ2n) is 4.00. The minimum Gasteiger partial charge on any atom is -0.316 e. The summed E-state index contributed by atoms with van der Waals surface area (Å²) in [4.78, 5) is 4.31. The molecule has 0 atom stereocenters. The van der Waals surface area contributed by atoms with Crippen molar-refractivity contribution in [2.45, 2.75) is 20.4 Å². The molecule has 1 N–H and O–H groups in total. The van der Waals surface area contributed by atoms with Gasteiger partial charge in [0.25, 0.3) is 0 Å². The molecule has 0 saturated heterocycles. The van der Waals surface area contributed by atoms with Gasteiger partial charge in [-0.05, 0) is 38.6 Å². The number of aromatic nitrogens is 3. The third-order valence-electron chi connectivity index (χ3n) is 2.51. The van der Waals surface area contributed by atoms with E-state index in [0.29, 0.717) is 11.6 Å². The Labute approximate surface area is 106 Å². The van der Waals surface area contributed by atoms with Crippen molar-refractivity contribution in [2.24, 2.45) is 0 Å². The van der Waals surface area contributed by atoms with E-state index in [0.717, 1.165) is 22.8 Å². The molecule has 0 unspecified atom stereocenters. The predicted molar refractivity (Wildman–Crippen MR) is 68.6 cm³/mol. The largest absolute Gasteiger partial charge is 0.316 e. The normalized spacial score (nSPS) is 10.8. The fraction of sp³-hybridized carbons (Fsp3) is 0.333. The van der Waals surface area contributed by atoms with Crippen molar-refractivity contribution in [3.05, 3.63) is 40.3 Å². The molecule has 0 fully saturated rings. The van der Waals surface area contributed by atoms with Crippen LogP contribution in [0.2, 0.25) is 5.02 Å². The highest BCUT2D eigenvalue weighted by Gasteiger charge is 2.08. The van der Waals surface area contributed by atoms with Crippen LogP contribution in [-0.2, 0) is 6.54 Å². The van der Waals surface area contributed by atoms with Crippen LogP contribution in [0.4, 0.5) is 0 Å². The van der Waals surface area contributed by atoms with Gasteiger partial charge in [0.2, 0.25) is 0 Å². The molecule has 4 nitrogen and oxygen atoms in total. The van der Waals surface area contributed by atoms with Crippen molar-refractivity contribution in [3.63, 3.8) is 0 Å². The third kappa shape index (κ3) is 2.48. The SMILES string of the molecule is CNCc1cc(-n2nc(C)cc2C)ncc1Cl. The Bertz CT molecular complexity index is 533. The fourth-order valence-corrected chi connectivity index (χ4v) is 1.94. The molecule has 5 heteroatoms. The zero-order valence-electron chi connectivity index (χ0n) is 10.2. The summed E-state index contributed by atoms with van der Waals surface area (Å²) < 4.78 is 1.82. The molecule has 0 amide bonds. The van der Waals surface area contributed by atoms with E-state index in [-0.39, 0.29) is 0 Å². The Morgan fingerprint density at radius 2 is 2.12 bits per heavy atom. The molecular formula is C12H15ClN4. The summed E-state index contributed by atoms with van der Waals surface area (Å²) in [6.45, 7) is 4.69. The Hall–Kier alpha value is -1.39. The number of halogens is 1. The highest BCUT2D eigenvalue weighted by atomic mass is 35.5. The summed E-state index contributed by atoms with van der Waals surface area (Å²) in [5, 5.41) is 8.15. The topological polar surface area (TPSA) is 42.7 Å². The maximum absolute atomic E-state index is 6.08. The molecule has 0 aliphatic carbocycles. The highest BCUT2D eigenvalue weighted by molar-refractivity contribution is 6.31. The predicted octanol–water partition coefficient (Wildman–Crippen LogP) is 2.26. The number of pyridine rings is 1. The van der Waals surface area contributed by atoms with Gasteiger partial charge in [-0.3, -0.25) is 0 Å². The molecule has 0 spiro atoms. The van der Waals surface area contributed by atoms with Gasteiger partial charge in [0.15, 0.2) is 5.82 Å². The second kappa shape index (κ2) is 4.85. The quantitative estimate of drug-likeness (QED) is 0.909. The van der Waals surface area contributed by atoms with Crippen LogP contribution in [0.1, 0.15) is 17.0 Å². The van der Waals surface area contributed by atoms with E-state index in [4.69, 9.17) is 11.6 Å². The van der Waals surface area contributed by atoms with E-state index >= 15 is 0 Å². The van der Waals surface area contributed by atoms with E-state index in [1.807, 2.05) is 37.7 Å². The van der Waals surface area contributed by atoms with Crippen LogP contribution in [0.25, 0.3) is 5.82 Å². The van der Waals surface area contributed by atoms with E-state index < -0.39 is 0 Å². The average Bonchev–Trinajstić information content (AvgIpc) is 2.61. The summed E-state index contributed by atoms with van der Waals surface area (Å²) in [6, 6.07) is 3.98. The van der Waals surface area contributed by atoms with Gasteiger partial charge in [0.1, 0.15) is 0 Å². The summed E-state index contributed by atoms with van der Waals surface area (Å²) in [5.41, 5.74) is 3.06. The van der Waals surface area contributed by atoms with Crippen LogP contribution in [-0.4, -0.2) is 21.8 Å². The van der Waals surface area contributed by atoms with Gasteiger partial charge in [-0.15, -0.1) is 0 Å².